The van der Waals surface area contributed by atoms with Gasteiger partial charge in [-0.1, -0.05) is 35.5 Å². The van der Waals surface area contributed by atoms with Crippen LogP contribution in [-0.4, -0.2) is 5.78 Å². The fourth-order valence-electron chi connectivity index (χ4n) is 1.10. The lowest BCUT2D eigenvalue weighted by Gasteiger charge is -1.98. The van der Waals surface area contributed by atoms with E-state index < -0.39 is 0 Å². The van der Waals surface area contributed by atoms with Gasteiger partial charge in [0.25, 0.3) is 0 Å². The molecule has 0 atom stereocenters. The predicted octanol–water partition coefficient (Wildman–Crippen LogP) is 3.66. The molecule has 0 spiro atoms. The minimum atomic E-state index is 0.215. The van der Waals surface area contributed by atoms with Crippen molar-refractivity contribution in [2.24, 2.45) is 0 Å². The third kappa shape index (κ3) is 4.28. The van der Waals surface area contributed by atoms with Crippen molar-refractivity contribution in [1.82, 2.24) is 0 Å². The van der Waals surface area contributed by atoms with Crippen LogP contribution in [0.15, 0.2) is 46.2 Å². The summed E-state index contributed by atoms with van der Waals surface area (Å²) in [4.78, 5) is 12.0. The number of carbonyl (C=O) groups is 1. The third-order valence-corrected chi connectivity index (χ3v) is 2.73. The molecule has 0 saturated heterocycles. The number of thioether (sulfide) groups is 1. The van der Waals surface area contributed by atoms with Crippen molar-refractivity contribution >= 4 is 17.5 Å². The molecule has 1 aromatic rings. The Labute approximate surface area is 89.2 Å². The predicted molar refractivity (Wildman–Crippen MR) is 61.4 cm³/mol. The first-order chi connectivity index (χ1) is 6.68. The minimum absolute atomic E-state index is 0.215. The van der Waals surface area contributed by atoms with Gasteiger partial charge >= 0.3 is 0 Å². The van der Waals surface area contributed by atoms with Crippen molar-refractivity contribution in [3.8, 4) is 0 Å². The van der Waals surface area contributed by atoms with E-state index in [-0.39, 0.29) is 5.78 Å². The van der Waals surface area contributed by atoms with Crippen LogP contribution in [0, 0.1) is 0 Å². The number of Topliss-reactive ketones (excluding diaryl/α,β-unsaturated/α-hetero) is 1. The number of rotatable bonds is 4. The summed E-state index contributed by atoms with van der Waals surface area (Å²) < 4.78 is 0. The molecular formula is C12H14OS. The zero-order valence-corrected chi connectivity index (χ0v) is 9.30. The highest BCUT2D eigenvalue weighted by Crippen LogP contribution is 2.20. The maximum absolute atomic E-state index is 10.8. The van der Waals surface area contributed by atoms with Crippen LogP contribution in [0.4, 0.5) is 0 Å². The van der Waals surface area contributed by atoms with Crippen LogP contribution in [-0.2, 0) is 4.79 Å². The Morgan fingerprint density at radius 1 is 1.29 bits per heavy atom. The maximum Gasteiger partial charge on any atom is 0.133 e. The van der Waals surface area contributed by atoms with Gasteiger partial charge in [-0.3, -0.25) is 4.79 Å². The standard InChI is InChI=1S/C12H14OS/c1-10(8-11(2)13)9-14-12-6-4-3-5-7-12/h3-7,9H,8H2,1-2H3/b10-9+. The molecule has 0 radical (unpaired) electrons. The normalized spacial score (nSPS) is 11.4. The van der Waals surface area contributed by atoms with Crippen molar-refractivity contribution in [2.75, 3.05) is 0 Å². The summed E-state index contributed by atoms with van der Waals surface area (Å²) in [5, 5.41) is 2.04. The summed E-state index contributed by atoms with van der Waals surface area (Å²) in [6.45, 7) is 3.60. The Balaban J connectivity index is 2.51. The highest BCUT2D eigenvalue weighted by molar-refractivity contribution is 8.02. The molecule has 0 aliphatic rings. The molecule has 1 aromatic carbocycles. The van der Waals surface area contributed by atoms with E-state index in [1.807, 2.05) is 30.5 Å². The van der Waals surface area contributed by atoms with Crippen LogP contribution >= 0.6 is 11.8 Å². The topological polar surface area (TPSA) is 17.1 Å². The first-order valence-electron chi connectivity index (χ1n) is 4.55. The highest BCUT2D eigenvalue weighted by atomic mass is 32.2. The van der Waals surface area contributed by atoms with E-state index in [1.165, 1.54) is 4.90 Å². The Morgan fingerprint density at radius 2 is 1.93 bits per heavy atom. The highest BCUT2D eigenvalue weighted by Gasteiger charge is 1.95. The number of benzene rings is 1. The van der Waals surface area contributed by atoms with Gasteiger partial charge in [0.1, 0.15) is 5.78 Å². The summed E-state index contributed by atoms with van der Waals surface area (Å²) in [6.07, 6.45) is 0.555. The summed E-state index contributed by atoms with van der Waals surface area (Å²) in [7, 11) is 0. The van der Waals surface area contributed by atoms with Crippen LogP contribution in [0.1, 0.15) is 20.3 Å². The van der Waals surface area contributed by atoms with Gasteiger partial charge in [-0.2, -0.15) is 0 Å². The Bertz CT molecular complexity index is 327. The minimum Gasteiger partial charge on any atom is -0.300 e. The third-order valence-electron chi connectivity index (χ3n) is 1.67. The van der Waals surface area contributed by atoms with E-state index in [0.29, 0.717) is 6.42 Å². The Kier molecular flexibility index (Phi) is 4.47. The molecule has 1 rings (SSSR count). The second-order valence-corrected chi connectivity index (χ2v) is 4.22. The zero-order chi connectivity index (χ0) is 10.4. The maximum atomic E-state index is 10.8. The van der Waals surface area contributed by atoms with Crippen molar-refractivity contribution in [3.63, 3.8) is 0 Å². The van der Waals surface area contributed by atoms with Crippen LogP contribution in [0.2, 0.25) is 0 Å². The number of carbonyl (C=O) groups excluding carboxylic acids is 1. The van der Waals surface area contributed by atoms with Gasteiger partial charge < -0.3 is 0 Å². The smallest absolute Gasteiger partial charge is 0.133 e. The number of allylic oxidation sites excluding steroid dienone is 1. The van der Waals surface area contributed by atoms with Gasteiger partial charge in [0.2, 0.25) is 0 Å². The molecule has 0 saturated carbocycles. The first kappa shape index (κ1) is 11.1. The van der Waals surface area contributed by atoms with Crippen molar-refractivity contribution in [3.05, 3.63) is 41.3 Å². The molecule has 74 valence electrons. The fraction of sp³-hybridized carbons (Fsp3) is 0.250. The lowest BCUT2D eigenvalue weighted by Crippen LogP contribution is -1.89. The largest absolute Gasteiger partial charge is 0.300 e. The first-order valence-corrected chi connectivity index (χ1v) is 5.43. The number of ketones is 1. The number of hydrogen-bond donors (Lipinski definition) is 0. The Morgan fingerprint density at radius 3 is 2.50 bits per heavy atom. The molecule has 0 aromatic heterocycles. The second-order valence-electron chi connectivity index (χ2n) is 3.27. The van der Waals surface area contributed by atoms with E-state index in [0.717, 1.165) is 5.57 Å². The molecule has 14 heavy (non-hydrogen) atoms. The SMILES string of the molecule is CC(=O)C/C(C)=C/Sc1ccccc1. The van der Waals surface area contributed by atoms with Crippen molar-refractivity contribution in [1.29, 1.82) is 0 Å². The van der Waals surface area contributed by atoms with Gasteiger partial charge in [-0.15, -0.1) is 0 Å². The van der Waals surface area contributed by atoms with Crippen LogP contribution < -0.4 is 0 Å². The molecule has 0 heterocycles. The van der Waals surface area contributed by atoms with Gasteiger partial charge in [-0.05, 0) is 31.4 Å². The average molecular weight is 206 g/mol. The second kappa shape index (κ2) is 5.66. The average Bonchev–Trinajstić information content (AvgIpc) is 2.15. The van der Waals surface area contributed by atoms with Gasteiger partial charge in [0.05, 0.1) is 0 Å². The van der Waals surface area contributed by atoms with Gasteiger partial charge in [0.15, 0.2) is 0 Å². The van der Waals surface area contributed by atoms with Crippen LogP contribution in [0.5, 0.6) is 0 Å². The molecule has 1 nitrogen and oxygen atoms in total. The summed E-state index contributed by atoms with van der Waals surface area (Å²) in [6, 6.07) is 10.1. The van der Waals surface area contributed by atoms with E-state index >= 15 is 0 Å². The van der Waals surface area contributed by atoms with E-state index in [1.54, 1.807) is 18.7 Å². The van der Waals surface area contributed by atoms with Crippen molar-refractivity contribution in [2.45, 2.75) is 25.2 Å². The van der Waals surface area contributed by atoms with E-state index in [9.17, 15) is 4.79 Å². The summed E-state index contributed by atoms with van der Waals surface area (Å²) >= 11 is 1.66. The zero-order valence-electron chi connectivity index (χ0n) is 8.49. The van der Waals surface area contributed by atoms with Crippen LogP contribution in [0.25, 0.3) is 0 Å². The molecule has 0 fully saturated rings. The molecule has 0 amide bonds. The van der Waals surface area contributed by atoms with Crippen LogP contribution in [0.3, 0.4) is 0 Å². The van der Waals surface area contributed by atoms with Gasteiger partial charge in [-0.25, -0.2) is 0 Å². The Hall–Kier alpha value is -1.02. The molecule has 0 N–H and O–H groups in total. The van der Waals surface area contributed by atoms with Crippen molar-refractivity contribution < 1.29 is 4.79 Å². The lowest BCUT2D eigenvalue weighted by molar-refractivity contribution is -0.116. The molecular weight excluding hydrogens is 192 g/mol. The van der Waals surface area contributed by atoms with E-state index in [4.69, 9.17) is 0 Å². The molecule has 0 bridgehead atoms. The molecule has 0 unspecified atom stereocenters. The number of hydrogen-bond acceptors (Lipinski definition) is 2. The summed E-state index contributed by atoms with van der Waals surface area (Å²) in [5.74, 6) is 0.215. The monoisotopic (exact) mass is 206 g/mol. The molecule has 0 aliphatic heterocycles. The molecule has 0 aliphatic carbocycles. The fourth-order valence-corrected chi connectivity index (χ4v) is 1.84. The lowest BCUT2D eigenvalue weighted by atomic mass is 10.2. The van der Waals surface area contributed by atoms with Gasteiger partial charge in [0, 0.05) is 11.3 Å². The van der Waals surface area contributed by atoms with E-state index in [2.05, 4.69) is 12.1 Å². The quantitative estimate of drug-likeness (QED) is 0.699. The molecule has 2 heteroatoms. The summed E-state index contributed by atoms with van der Waals surface area (Å²) in [5.41, 5.74) is 1.12.